The van der Waals surface area contributed by atoms with Crippen LogP contribution in [0.25, 0.3) is 0 Å². The molecule has 0 bridgehead atoms. The third-order valence-electron chi connectivity index (χ3n) is 5.73. The molecule has 1 aromatic heterocycles. The van der Waals surface area contributed by atoms with Crippen molar-refractivity contribution < 1.29 is 23.4 Å². The SMILES string of the molecule is CC(C)(C)[Si](OCCOCCOCCOc1ncccc1C=O)(c1ccccc1)c1ccccc1. The number of aldehydes is 1. The van der Waals surface area contributed by atoms with Gasteiger partial charge in [0.05, 0.1) is 38.6 Å². The molecule has 0 unspecified atom stereocenters. The van der Waals surface area contributed by atoms with E-state index in [1.807, 2.05) is 12.1 Å². The largest absolute Gasteiger partial charge is 0.475 e. The van der Waals surface area contributed by atoms with Crippen LogP contribution in [0, 0.1) is 0 Å². The van der Waals surface area contributed by atoms with Gasteiger partial charge in [-0.1, -0.05) is 81.4 Å². The van der Waals surface area contributed by atoms with E-state index in [9.17, 15) is 4.79 Å². The second kappa shape index (κ2) is 13.3. The van der Waals surface area contributed by atoms with Gasteiger partial charge in [0.1, 0.15) is 6.61 Å². The molecule has 0 atom stereocenters. The predicted octanol–water partition coefficient (Wildman–Crippen LogP) is 3.88. The molecule has 0 saturated carbocycles. The van der Waals surface area contributed by atoms with Crippen LogP contribution in [0.4, 0.5) is 0 Å². The highest BCUT2D eigenvalue weighted by molar-refractivity contribution is 6.99. The molecular weight excluding hydrogens is 458 g/mol. The third-order valence-corrected chi connectivity index (χ3v) is 10.8. The molecule has 3 rings (SSSR count). The molecule has 0 aliphatic rings. The summed E-state index contributed by atoms with van der Waals surface area (Å²) in [5.41, 5.74) is 0.428. The van der Waals surface area contributed by atoms with Crippen LogP contribution in [0.15, 0.2) is 79.0 Å². The van der Waals surface area contributed by atoms with E-state index >= 15 is 0 Å². The molecule has 1 heterocycles. The smallest absolute Gasteiger partial charge is 0.261 e. The highest BCUT2D eigenvalue weighted by Crippen LogP contribution is 2.36. The van der Waals surface area contributed by atoms with Crippen molar-refractivity contribution in [3.8, 4) is 5.88 Å². The number of hydrogen-bond acceptors (Lipinski definition) is 6. The quantitative estimate of drug-likeness (QED) is 0.193. The first-order valence-corrected chi connectivity index (χ1v) is 13.8. The van der Waals surface area contributed by atoms with E-state index < -0.39 is 8.32 Å². The molecular formula is C28H35NO5Si. The maximum atomic E-state index is 11.0. The van der Waals surface area contributed by atoms with E-state index in [1.54, 1.807) is 18.3 Å². The van der Waals surface area contributed by atoms with Crippen molar-refractivity contribution in [2.24, 2.45) is 0 Å². The van der Waals surface area contributed by atoms with E-state index in [4.69, 9.17) is 18.6 Å². The molecule has 3 aromatic rings. The van der Waals surface area contributed by atoms with Gasteiger partial charge >= 0.3 is 0 Å². The van der Waals surface area contributed by atoms with Gasteiger partial charge in [-0.05, 0) is 27.5 Å². The molecule has 0 spiro atoms. The zero-order chi connectivity index (χ0) is 25.0. The van der Waals surface area contributed by atoms with Crippen molar-refractivity contribution in [2.45, 2.75) is 25.8 Å². The van der Waals surface area contributed by atoms with E-state index in [2.05, 4.69) is 74.3 Å². The number of hydrogen-bond donors (Lipinski definition) is 0. The number of rotatable bonds is 14. The van der Waals surface area contributed by atoms with E-state index in [1.165, 1.54) is 10.4 Å². The lowest BCUT2D eigenvalue weighted by Crippen LogP contribution is -2.66. The Morgan fingerprint density at radius 2 is 1.29 bits per heavy atom. The summed E-state index contributed by atoms with van der Waals surface area (Å²) in [4.78, 5) is 15.0. The highest BCUT2D eigenvalue weighted by atomic mass is 28.4. The fourth-order valence-electron chi connectivity index (χ4n) is 4.15. The third kappa shape index (κ3) is 7.08. The Labute approximate surface area is 209 Å². The van der Waals surface area contributed by atoms with Gasteiger partial charge in [0.25, 0.3) is 8.32 Å². The number of pyridine rings is 1. The molecule has 0 saturated heterocycles. The van der Waals surface area contributed by atoms with Gasteiger partial charge in [-0.2, -0.15) is 0 Å². The Kier molecular flexibility index (Phi) is 10.2. The zero-order valence-corrected chi connectivity index (χ0v) is 21.8. The van der Waals surface area contributed by atoms with Gasteiger partial charge < -0.3 is 18.6 Å². The average molecular weight is 494 g/mol. The average Bonchev–Trinajstić information content (AvgIpc) is 2.88. The van der Waals surface area contributed by atoms with Crippen LogP contribution in [0.2, 0.25) is 5.04 Å². The van der Waals surface area contributed by atoms with Crippen LogP contribution in [-0.2, 0) is 13.9 Å². The molecule has 2 aromatic carbocycles. The first-order chi connectivity index (χ1) is 17.0. The van der Waals surface area contributed by atoms with Crippen LogP contribution < -0.4 is 15.1 Å². The summed E-state index contributed by atoms with van der Waals surface area (Å²) < 4.78 is 23.7. The molecule has 35 heavy (non-hydrogen) atoms. The normalized spacial score (nSPS) is 11.9. The molecule has 0 radical (unpaired) electrons. The molecule has 0 amide bonds. The first-order valence-electron chi connectivity index (χ1n) is 11.9. The molecule has 7 heteroatoms. The fraction of sp³-hybridized carbons (Fsp3) is 0.357. The van der Waals surface area contributed by atoms with Gasteiger partial charge in [0.2, 0.25) is 5.88 Å². The van der Waals surface area contributed by atoms with E-state index in [-0.39, 0.29) is 5.04 Å². The lowest BCUT2D eigenvalue weighted by molar-refractivity contribution is 0.0259. The number of carbonyl (C=O) groups excluding carboxylic acids is 1. The number of benzene rings is 2. The molecule has 186 valence electrons. The minimum absolute atomic E-state index is 0.0594. The molecule has 0 aliphatic heterocycles. The minimum Gasteiger partial charge on any atom is -0.475 e. The second-order valence-corrected chi connectivity index (χ2v) is 13.4. The summed E-state index contributed by atoms with van der Waals surface area (Å²) in [6, 6.07) is 24.5. The van der Waals surface area contributed by atoms with Gasteiger partial charge in [-0.25, -0.2) is 4.98 Å². The van der Waals surface area contributed by atoms with Crippen molar-refractivity contribution in [3.05, 3.63) is 84.6 Å². The molecule has 0 N–H and O–H groups in total. The van der Waals surface area contributed by atoms with Crippen molar-refractivity contribution in [1.82, 2.24) is 4.98 Å². The summed E-state index contributed by atoms with van der Waals surface area (Å²) >= 11 is 0. The lowest BCUT2D eigenvalue weighted by atomic mass is 10.2. The van der Waals surface area contributed by atoms with Gasteiger partial charge in [-0.3, -0.25) is 4.79 Å². The number of aromatic nitrogens is 1. The van der Waals surface area contributed by atoms with E-state index in [0.717, 1.165) is 6.29 Å². The monoisotopic (exact) mass is 493 g/mol. The van der Waals surface area contributed by atoms with E-state index in [0.29, 0.717) is 51.1 Å². The van der Waals surface area contributed by atoms with Crippen LogP contribution in [0.3, 0.4) is 0 Å². The predicted molar refractivity (Wildman–Crippen MR) is 140 cm³/mol. The summed E-state index contributed by atoms with van der Waals surface area (Å²) in [7, 11) is -2.53. The lowest BCUT2D eigenvalue weighted by Gasteiger charge is -2.43. The van der Waals surface area contributed by atoms with Gasteiger partial charge in [0, 0.05) is 6.20 Å². The topological polar surface area (TPSA) is 66.9 Å². The Morgan fingerprint density at radius 1 is 0.743 bits per heavy atom. The maximum Gasteiger partial charge on any atom is 0.261 e. The maximum absolute atomic E-state index is 11.0. The Hall–Kier alpha value is -2.84. The summed E-state index contributed by atoms with van der Waals surface area (Å²) in [5.74, 6) is 0.322. The van der Waals surface area contributed by atoms with Crippen LogP contribution >= 0.6 is 0 Å². The van der Waals surface area contributed by atoms with Crippen LogP contribution in [-0.4, -0.2) is 59.2 Å². The number of ether oxygens (including phenoxy) is 3. The van der Waals surface area contributed by atoms with Crippen molar-refractivity contribution in [2.75, 3.05) is 39.6 Å². The fourth-order valence-corrected chi connectivity index (χ4v) is 8.69. The second-order valence-electron chi connectivity index (χ2n) is 9.10. The Balaban J connectivity index is 1.46. The van der Waals surface area contributed by atoms with Crippen LogP contribution in [0.1, 0.15) is 31.1 Å². The summed E-state index contributed by atoms with van der Waals surface area (Å²) in [6.07, 6.45) is 2.32. The number of nitrogens with zero attached hydrogens (tertiary/aromatic N) is 1. The molecule has 0 aliphatic carbocycles. The van der Waals surface area contributed by atoms with Crippen molar-refractivity contribution in [1.29, 1.82) is 0 Å². The van der Waals surface area contributed by atoms with Gasteiger partial charge in [0.15, 0.2) is 6.29 Å². The number of carbonyl (C=O) groups is 1. The standard InChI is InChI=1S/C28H35NO5Si/c1-28(2,3)35(25-12-6-4-7-13-25,26-14-8-5-9-15-26)34-22-20-32-18-17-31-19-21-33-27-24(23-30)11-10-16-29-27/h4-16,23H,17-22H2,1-3H3. The van der Waals surface area contributed by atoms with Crippen molar-refractivity contribution >= 4 is 25.0 Å². The Morgan fingerprint density at radius 3 is 1.83 bits per heavy atom. The van der Waals surface area contributed by atoms with Crippen molar-refractivity contribution in [3.63, 3.8) is 0 Å². The highest BCUT2D eigenvalue weighted by Gasteiger charge is 2.49. The first kappa shape index (κ1) is 26.8. The minimum atomic E-state index is -2.53. The molecule has 0 fully saturated rings. The summed E-state index contributed by atoms with van der Waals surface area (Å²) in [6.45, 7) is 9.40. The zero-order valence-electron chi connectivity index (χ0n) is 20.8. The Bertz CT molecular complexity index is 985. The molecule has 6 nitrogen and oxygen atoms in total. The summed E-state index contributed by atoms with van der Waals surface area (Å²) in [5, 5.41) is 2.45. The van der Waals surface area contributed by atoms with Gasteiger partial charge in [-0.15, -0.1) is 0 Å². The van der Waals surface area contributed by atoms with Crippen LogP contribution in [0.5, 0.6) is 5.88 Å².